The van der Waals surface area contributed by atoms with E-state index in [0.717, 1.165) is 11.5 Å². The molecule has 1 rings (SSSR count). The van der Waals surface area contributed by atoms with Crippen LogP contribution in [0.5, 0.6) is 11.5 Å². The third-order valence-electron chi connectivity index (χ3n) is 1.97. The minimum atomic E-state index is -0.392. The van der Waals surface area contributed by atoms with Gasteiger partial charge in [0.25, 0.3) is 0 Å². The molecule has 3 nitrogen and oxygen atoms in total. The van der Waals surface area contributed by atoms with E-state index < -0.39 is 6.10 Å². The van der Waals surface area contributed by atoms with Crippen molar-refractivity contribution in [1.29, 1.82) is 0 Å². The first-order valence-electron chi connectivity index (χ1n) is 4.71. The molecule has 0 aromatic heterocycles. The van der Waals surface area contributed by atoms with Gasteiger partial charge in [-0.05, 0) is 30.7 Å². The van der Waals surface area contributed by atoms with Gasteiger partial charge in [0, 0.05) is 0 Å². The van der Waals surface area contributed by atoms with Crippen molar-refractivity contribution in [2.24, 2.45) is 0 Å². The number of aliphatic hydroxyl groups excluding tert-OH is 1. The lowest BCUT2D eigenvalue weighted by Gasteiger charge is -2.10. The molecule has 0 aliphatic carbocycles. The van der Waals surface area contributed by atoms with E-state index in [4.69, 9.17) is 9.47 Å². The van der Waals surface area contributed by atoms with E-state index in [1.807, 2.05) is 31.2 Å². The van der Waals surface area contributed by atoms with Crippen molar-refractivity contribution in [2.45, 2.75) is 19.4 Å². The first-order chi connectivity index (χ1) is 6.76. The van der Waals surface area contributed by atoms with Crippen LogP contribution in [-0.2, 0) is 0 Å². The zero-order chi connectivity index (χ0) is 10.4. The van der Waals surface area contributed by atoms with Gasteiger partial charge >= 0.3 is 0 Å². The van der Waals surface area contributed by atoms with Gasteiger partial charge in [-0.25, -0.2) is 0 Å². The first kappa shape index (κ1) is 10.9. The van der Waals surface area contributed by atoms with Crippen LogP contribution in [0.25, 0.3) is 0 Å². The third-order valence-corrected chi connectivity index (χ3v) is 1.97. The first-order valence-corrected chi connectivity index (χ1v) is 4.71. The van der Waals surface area contributed by atoms with Gasteiger partial charge in [0.05, 0.1) is 13.2 Å². The van der Waals surface area contributed by atoms with Crippen molar-refractivity contribution < 1.29 is 14.6 Å². The molecular formula is C11H16O3. The Balaban J connectivity index is 2.43. The van der Waals surface area contributed by atoms with Gasteiger partial charge < -0.3 is 14.6 Å². The second-order valence-electron chi connectivity index (χ2n) is 3.05. The quantitative estimate of drug-likeness (QED) is 0.781. The summed E-state index contributed by atoms with van der Waals surface area (Å²) in [6, 6.07) is 7.30. The van der Waals surface area contributed by atoms with Crippen LogP contribution in [0.4, 0.5) is 0 Å². The van der Waals surface area contributed by atoms with E-state index in [2.05, 4.69) is 0 Å². The summed E-state index contributed by atoms with van der Waals surface area (Å²) in [5, 5.41) is 9.27. The SMILES string of the molecule is CCC(O)COc1ccc(OC)cc1. The standard InChI is InChI=1S/C11H16O3/c1-3-9(12)8-14-11-6-4-10(13-2)5-7-11/h4-7,9,12H,3,8H2,1-2H3. The molecule has 0 heterocycles. The normalized spacial score (nSPS) is 12.2. The van der Waals surface area contributed by atoms with Crippen LogP contribution >= 0.6 is 0 Å². The lowest BCUT2D eigenvalue weighted by atomic mass is 10.3. The van der Waals surface area contributed by atoms with E-state index >= 15 is 0 Å². The maximum atomic E-state index is 9.27. The summed E-state index contributed by atoms with van der Waals surface area (Å²) >= 11 is 0. The number of hydrogen-bond donors (Lipinski definition) is 1. The lowest BCUT2D eigenvalue weighted by Crippen LogP contribution is -2.15. The minimum Gasteiger partial charge on any atom is -0.497 e. The predicted octanol–water partition coefficient (Wildman–Crippen LogP) is 1.84. The van der Waals surface area contributed by atoms with Gasteiger partial charge in [-0.2, -0.15) is 0 Å². The number of rotatable bonds is 5. The van der Waals surface area contributed by atoms with Crippen LogP contribution in [0.2, 0.25) is 0 Å². The van der Waals surface area contributed by atoms with Crippen LogP contribution in [0, 0.1) is 0 Å². The molecule has 0 saturated heterocycles. The Morgan fingerprint density at radius 2 is 1.79 bits per heavy atom. The Kier molecular flexibility index (Phi) is 4.26. The Morgan fingerprint density at radius 1 is 1.21 bits per heavy atom. The number of hydrogen-bond acceptors (Lipinski definition) is 3. The summed E-state index contributed by atoms with van der Waals surface area (Å²) in [6.07, 6.45) is 0.313. The molecular weight excluding hydrogens is 180 g/mol. The number of methoxy groups -OCH3 is 1. The summed E-state index contributed by atoms with van der Waals surface area (Å²) in [5.41, 5.74) is 0. The largest absolute Gasteiger partial charge is 0.497 e. The van der Waals surface area contributed by atoms with Crippen molar-refractivity contribution in [3.8, 4) is 11.5 Å². The molecule has 1 aromatic rings. The number of ether oxygens (including phenoxy) is 2. The highest BCUT2D eigenvalue weighted by atomic mass is 16.5. The second kappa shape index (κ2) is 5.50. The van der Waals surface area contributed by atoms with Crippen LogP contribution in [0.15, 0.2) is 24.3 Å². The molecule has 0 fully saturated rings. The minimum absolute atomic E-state index is 0.336. The average molecular weight is 196 g/mol. The van der Waals surface area contributed by atoms with Crippen LogP contribution in [-0.4, -0.2) is 24.9 Å². The van der Waals surface area contributed by atoms with Crippen LogP contribution < -0.4 is 9.47 Å². The fraction of sp³-hybridized carbons (Fsp3) is 0.455. The van der Waals surface area contributed by atoms with E-state index in [1.54, 1.807) is 7.11 Å². The van der Waals surface area contributed by atoms with Gasteiger partial charge in [-0.3, -0.25) is 0 Å². The molecule has 0 spiro atoms. The van der Waals surface area contributed by atoms with Crippen LogP contribution in [0.3, 0.4) is 0 Å². The fourth-order valence-electron chi connectivity index (χ4n) is 0.982. The van der Waals surface area contributed by atoms with Gasteiger partial charge in [0.1, 0.15) is 18.1 Å². The molecule has 1 N–H and O–H groups in total. The summed E-state index contributed by atoms with van der Waals surface area (Å²) < 4.78 is 10.4. The Bertz CT molecular complexity index is 256. The molecule has 1 aromatic carbocycles. The average Bonchev–Trinajstić information content (AvgIpc) is 2.26. The highest BCUT2D eigenvalue weighted by Crippen LogP contribution is 2.17. The molecule has 0 aliphatic heterocycles. The summed E-state index contributed by atoms with van der Waals surface area (Å²) in [7, 11) is 1.62. The Hall–Kier alpha value is -1.22. The summed E-state index contributed by atoms with van der Waals surface area (Å²) in [5.74, 6) is 1.55. The maximum Gasteiger partial charge on any atom is 0.119 e. The van der Waals surface area contributed by atoms with Crippen LogP contribution in [0.1, 0.15) is 13.3 Å². The Morgan fingerprint density at radius 3 is 2.29 bits per heavy atom. The maximum absolute atomic E-state index is 9.27. The number of benzene rings is 1. The highest BCUT2D eigenvalue weighted by molar-refractivity contribution is 5.31. The monoisotopic (exact) mass is 196 g/mol. The van der Waals surface area contributed by atoms with Crippen molar-refractivity contribution >= 4 is 0 Å². The van der Waals surface area contributed by atoms with E-state index in [-0.39, 0.29) is 0 Å². The molecule has 78 valence electrons. The Labute approximate surface area is 84.3 Å². The van der Waals surface area contributed by atoms with Crippen molar-refractivity contribution in [1.82, 2.24) is 0 Å². The molecule has 3 heteroatoms. The van der Waals surface area contributed by atoms with Crippen molar-refractivity contribution in [3.05, 3.63) is 24.3 Å². The lowest BCUT2D eigenvalue weighted by molar-refractivity contribution is 0.104. The molecule has 0 amide bonds. The third kappa shape index (κ3) is 3.26. The fourth-order valence-corrected chi connectivity index (χ4v) is 0.982. The molecule has 0 aliphatic rings. The van der Waals surface area contributed by atoms with E-state index in [9.17, 15) is 5.11 Å². The van der Waals surface area contributed by atoms with Crippen molar-refractivity contribution in [2.75, 3.05) is 13.7 Å². The van der Waals surface area contributed by atoms with Gasteiger partial charge in [-0.15, -0.1) is 0 Å². The molecule has 14 heavy (non-hydrogen) atoms. The molecule has 0 saturated carbocycles. The molecule has 0 radical (unpaired) electrons. The zero-order valence-electron chi connectivity index (χ0n) is 8.56. The zero-order valence-corrected chi connectivity index (χ0v) is 8.56. The van der Waals surface area contributed by atoms with Gasteiger partial charge in [0.15, 0.2) is 0 Å². The van der Waals surface area contributed by atoms with E-state index in [0.29, 0.717) is 13.0 Å². The predicted molar refractivity (Wildman–Crippen MR) is 54.8 cm³/mol. The smallest absolute Gasteiger partial charge is 0.119 e. The van der Waals surface area contributed by atoms with Gasteiger partial charge in [-0.1, -0.05) is 6.92 Å². The van der Waals surface area contributed by atoms with Gasteiger partial charge in [0.2, 0.25) is 0 Å². The topological polar surface area (TPSA) is 38.7 Å². The summed E-state index contributed by atoms with van der Waals surface area (Å²) in [4.78, 5) is 0. The second-order valence-corrected chi connectivity index (χ2v) is 3.05. The highest BCUT2D eigenvalue weighted by Gasteiger charge is 2.01. The molecule has 1 unspecified atom stereocenters. The van der Waals surface area contributed by atoms with E-state index in [1.165, 1.54) is 0 Å². The molecule has 1 atom stereocenters. The van der Waals surface area contributed by atoms with Crippen molar-refractivity contribution in [3.63, 3.8) is 0 Å². The molecule has 0 bridgehead atoms. The summed E-state index contributed by atoms with van der Waals surface area (Å²) in [6.45, 7) is 2.25. The number of aliphatic hydroxyl groups is 1.